The molecule has 14 heavy (non-hydrogen) atoms. The highest BCUT2D eigenvalue weighted by Crippen LogP contribution is 2.36. The first-order valence-electron chi connectivity index (χ1n) is 5.49. The number of aryl methyl sites for hydroxylation is 2. The van der Waals surface area contributed by atoms with Crippen LogP contribution in [0.4, 0.5) is 0 Å². The molecular formula is C13H19N. The molecule has 2 N–H and O–H groups in total. The van der Waals surface area contributed by atoms with E-state index in [0.717, 1.165) is 5.92 Å². The average Bonchev–Trinajstić information content (AvgIpc) is 2.86. The monoisotopic (exact) mass is 189 g/mol. The minimum Gasteiger partial charge on any atom is -0.324 e. The molecule has 1 fully saturated rings. The summed E-state index contributed by atoms with van der Waals surface area (Å²) in [5.74, 6) is 0.908. The first kappa shape index (κ1) is 9.72. The highest BCUT2D eigenvalue weighted by molar-refractivity contribution is 5.30. The summed E-state index contributed by atoms with van der Waals surface area (Å²) in [6, 6.07) is 6.90. The number of nitrogens with two attached hydrogens (primary N) is 1. The number of benzene rings is 1. The van der Waals surface area contributed by atoms with Gasteiger partial charge in [-0.05, 0) is 31.7 Å². The third-order valence-corrected chi connectivity index (χ3v) is 2.96. The first-order chi connectivity index (χ1) is 6.65. The maximum Gasteiger partial charge on any atom is 0.0297 e. The lowest BCUT2D eigenvalue weighted by atomic mass is 9.98. The zero-order valence-corrected chi connectivity index (χ0v) is 9.09. The molecule has 2 rings (SSSR count). The second kappa shape index (κ2) is 3.74. The summed E-state index contributed by atoms with van der Waals surface area (Å²) in [6.07, 6.45) is 3.94. The topological polar surface area (TPSA) is 26.0 Å². The molecule has 0 amide bonds. The van der Waals surface area contributed by atoms with Crippen LogP contribution in [0.3, 0.4) is 0 Å². The number of hydrogen-bond acceptors (Lipinski definition) is 1. The molecule has 1 heteroatoms. The van der Waals surface area contributed by atoms with Gasteiger partial charge in [-0.15, -0.1) is 0 Å². The van der Waals surface area contributed by atoms with Crippen LogP contribution < -0.4 is 5.73 Å². The highest BCUT2D eigenvalue weighted by atomic mass is 14.6. The van der Waals surface area contributed by atoms with Gasteiger partial charge < -0.3 is 5.73 Å². The Bertz CT molecular complexity index is 306. The van der Waals surface area contributed by atoms with Crippen molar-refractivity contribution in [3.8, 4) is 0 Å². The molecule has 0 spiro atoms. The van der Waals surface area contributed by atoms with E-state index in [0.29, 0.717) is 0 Å². The van der Waals surface area contributed by atoms with Crippen molar-refractivity contribution in [1.82, 2.24) is 0 Å². The average molecular weight is 189 g/mol. The SMILES string of the molecule is Cc1cc(C)cc([C@@H](N)CC2CC2)c1. The number of hydrogen-bond donors (Lipinski definition) is 1. The third kappa shape index (κ3) is 2.36. The van der Waals surface area contributed by atoms with Crippen molar-refractivity contribution in [3.05, 3.63) is 34.9 Å². The van der Waals surface area contributed by atoms with Crippen LogP contribution in [0.1, 0.15) is 42.0 Å². The Hall–Kier alpha value is -0.820. The molecule has 0 unspecified atom stereocenters. The zero-order chi connectivity index (χ0) is 10.1. The predicted molar refractivity (Wildman–Crippen MR) is 60.2 cm³/mol. The zero-order valence-electron chi connectivity index (χ0n) is 9.09. The molecule has 1 saturated carbocycles. The van der Waals surface area contributed by atoms with Crippen molar-refractivity contribution in [1.29, 1.82) is 0 Å². The first-order valence-corrected chi connectivity index (χ1v) is 5.49. The summed E-state index contributed by atoms with van der Waals surface area (Å²) >= 11 is 0. The molecule has 0 aliphatic heterocycles. The highest BCUT2D eigenvalue weighted by Gasteiger charge is 2.24. The van der Waals surface area contributed by atoms with E-state index in [2.05, 4.69) is 32.0 Å². The molecule has 76 valence electrons. The van der Waals surface area contributed by atoms with Gasteiger partial charge in [0.15, 0.2) is 0 Å². The Morgan fingerprint density at radius 2 is 1.79 bits per heavy atom. The van der Waals surface area contributed by atoms with E-state index in [1.54, 1.807) is 0 Å². The van der Waals surface area contributed by atoms with Gasteiger partial charge >= 0.3 is 0 Å². The minimum atomic E-state index is 0.251. The van der Waals surface area contributed by atoms with Crippen LogP contribution in [0, 0.1) is 19.8 Å². The Labute approximate surface area is 86.3 Å². The standard InChI is InChI=1S/C13H19N/c1-9-5-10(2)7-12(6-9)13(14)8-11-3-4-11/h5-7,11,13H,3-4,8,14H2,1-2H3/t13-/m0/s1. The molecule has 1 aromatic carbocycles. The summed E-state index contributed by atoms with van der Waals surface area (Å²) in [5, 5.41) is 0. The van der Waals surface area contributed by atoms with Crippen molar-refractivity contribution < 1.29 is 0 Å². The molecule has 0 heterocycles. The Kier molecular flexibility index (Phi) is 2.60. The van der Waals surface area contributed by atoms with Crippen molar-refractivity contribution in [2.24, 2.45) is 11.7 Å². The molecule has 1 aliphatic rings. The third-order valence-electron chi connectivity index (χ3n) is 2.96. The summed E-state index contributed by atoms with van der Waals surface area (Å²) in [5.41, 5.74) is 10.1. The fraction of sp³-hybridized carbons (Fsp3) is 0.538. The molecule has 0 saturated heterocycles. The summed E-state index contributed by atoms with van der Waals surface area (Å²) in [6.45, 7) is 4.28. The van der Waals surface area contributed by atoms with E-state index >= 15 is 0 Å². The molecule has 1 aromatic rings. The fourth-order valence-corrected chi connectivity index (χ4v) is 2.07. The molecule has 0 aromatic heterocycles. The maximum absolute atomic E-state index is 6.17. The lowest BCUT2D eigenvalue weighted by molar-refractivity contribution is 0.596. The van der Waals surface area contributed by atoms with E-state index in [1.807, 2.05) is 0 Å². The predicted octanol–water partition coefficient (Wildman–Crippen LogP) is 3.10. The van der Waals surface area contributed by atoms with Crippen LogP contribution in [0.25, 0.3) is 0 Å². The van der Waals surface area contributed by atoms with Crippen molar-refractivity contribution in [3.63, 3.8) is 0 Å². The molecule has 0 radical (unpaired) electrons. The molecule has 1 aliphatic carbocycles. The van der Waals surface area contributed by atoms with Gasteiger partial charge in [-0.25, -0.2) is 0 Å². The van der Waals surface area contributed by atoms with Crippen LogP contribution >= 0.6 is 0 Å². The second-order valence-corrected chi connectivity index (χ2v) is 4.71. The maximum atomic E-state index is 6.17. The molecular weight excluding hydrogens is 170 g/mol. The van der Waals surface area contributed by atoms with Crippen molar-refractivity contribution in [2.75, 3.05) is 0 Å². The molecule has 0 bridgehead atoms. The van der Waals surface area contributed by atoms with Crippen molar-refractivity contribution in [2.45, 2.75) is 39.2 Å². The smallest absolute Gasteiger partial charge is 0.0297 e. The van der Waals surface area contributed by atoms with Crippen LogP contribution in [-0.2, 0) is 0 Å². The van der Waals surface area contributed by atoms with Gasteiger partial charge in [0, 0.05) is 6.04 Å². The lowest BCUT2D eigenvalue weighted by Gasteiger charge is -2.13. The largest absolute Gasteiger partial charge is 0.324 e. The normalized spacial score (nSPS) is 18.2. The van der Waals surface area contributed by atoms with Crippen molar-refractivity contribution >= 4 is 0 Å². The second-order valence-electron chi connectivity index (χ2n) is 4.71. The van der Waals surface area contributed by atoms with E-state index in [-0.39, 0.29) is 6.04 Å². The van der Waals surface area contributed by atoms with Crippen LogP contribution in [-0.4, -0.2) is 0 Å². The minimum absolute atomic E-state index is 0.251. The Morgan fingerprint density at radius 1 is 1.21 bits per heavy atom. The van der Waals surface area contributed by atoms with Gasteiger partial charge in [-0.3, -0.25) is 0 Å². The van der Waals surface area contributed by atoms with E-state index in [1.165, 1.54) is 36.0 Å². The number of rotatable bonds is 3. The van der Waals surface area contributed by atoms with Gasteiger partial charge in [-0.1, -0.05) is 42.2 Å². The van der Waals surface area contributed by atoms with E-state index in [9.17, 15) is 0 Å². The molecule has 1 nitrogen and oxygen atoms in total. The Morgan fingerprint density at radius 3 is 2.29 bits per heavy atom. The summed E-state index contributed by atoms with van der Waals surface area (Å²) < 4.78 is 0. The van der Waals surface area contributed by atoms with Gasteiger partial charge in [0.2, 0.25) is 0 Å². The van der Waals surface area contributed by atoms with Gasteiger partial charge in [0.25, 0.3) is 0 Å². The lowest BCUT2D eigenvalue weighted by Crippen LogP contribution is -2.11. The van der Waals surface area contributed by atoms with Crippen LogP contribution in [0.5, 0.6) is 0 Å². The van der Waals surface area contributed by atoms with E-state index < -0.39 is 0 Å². The molecule has 1 atom stereocenters. The van der Waals surface area contributed by atoms with Crippen LogP contribution in [0.15, 0.2) is 18.2 Å². The van der Waals surface area contributed by atoms with Gasteiger partial charge in [0.1, 0.15) is 0 Å². The summed E-state index contributed by atoms with van der Waals surface area (Å²) in [7, 11) is 0. The quantitative estimate of drug-likeness (QED) is 0.776. The fourth-order valence-electron chi connectivity index (χ4n) is 2.07. The van der Waals surface area contributed by atoms with E-state index in [4.69, 9.17) is 5.73 Å². The van der Waals surface area contributed by atoms with Gasteiger partial charge in [-0.2, -0.15) is 0 Å². The van der Waals surface area contributed by atoms with Crippen LogP contribution in [0.2, 0.25) is 0 Å². The van der Waals surface area contributed by atoms with Gasteiger partial charge in [0.05, 0.1) is 0 Å². The summed E-state index contributed by atoms with van der Waals surface area (Å²) in [4.78, 5) is 0. The Balaban J connectivity index is 2.12.